The lowest BCUT2D eigenvalue weighted by atomic mass is 10.1. The van der Waals surface area contributed by atoms with E-state index >= 15 is 0 Å². The molecule has 0 spiro atoms. The molecule has 1 fully saturated rings. The second-order valence-electron chi connectivity index (χ2n) is 4.86. The summed E-state index contributed by atoms with van der Waals surface area (Å²) >= 11 is 0. The van der Waals surface area contributed by atoms with Crippen molar-refractivity contribution < 1.29 is 24.1 Å². The average molecular weight is 295 g/mol. The fourth-order valence-electron chi connectivity index (χ4n) is 2.72. The molecule has 1 aliphatic rings. The molecule has 0 radical (unpaired) electrons. The maximum Gasteiger partial charge on any atom is 0.258 e. The zero-order valence-corrected chi connectivity index (χ0v) is 12.6. The van der Waals surface area contributed by atoms with E-state index in [9.17, 15) is 9.90 Å². The number of nitrogens with zero attached hydrogens (tertiary/aromatic N) is 1. The Labute approximate surface area is 124 Å². The zero-order chi connectivity index (χ0) is 15.4. The Hall–Kier alpha value is -1.95. The molecule has 1 heterocycles. The van der Waals surface area contributed by atoms with Gasteiger partial charge < -0.3 is 24.2 Å². The van der Waals surface area contributed by atoms with Crippen LogP contribution in [0.3, 0.4) is 0 Å². The second-order valence-corrected chi connectivity index (χ2v) is 4.86. The molecule has 0 saturated carbocycles. The topological polar surface area (TPSA) is 68.2 Å². The van der Waals surface area contributed by atoms with Gasteiger partial charge in [0.05, 0.1) is 39.5 Å². The number of rotatable bonds is 5. The maximum absolute atomic E-state index is 12.7. The fourth-order valence-corrected chi connectivity index (χ4v) is 2.72. The highest BCUT2D eigenvalue weighted by Gasteiger charge is 2.31. The monoisotopic (exact) mass is 295 g/mol. The van der Waals surface area contributed by atoms with Crippen LogP contribution in [0.2, 0.25) is 0 Å². The molecule has 0 bridgehead atoms. The number of carbonyl (C=O) groups excluding carboxylic acids is 1. The zero-order valence-electron chi connectivity index (χ0n) is 12.6. The van der Waals surface area contributed by atoms with Crippen molar-refractivity contribution in [2.24, 2.45) is 0 Å². The van der Waals surface area contributed by atoms with Crippen molar-refractivity contribution in [1.82, 2.24) is 4.90 Å². The van der Waals surface area contributed by atoms with Crippen LogP contribution in [0.5, 0.6) is 17.2 Å². The molecule has 1 saturated heterocycles. The van der Waals surface area contributed by atoms with E-state index in [1.165, 1.54) is 21.3 Å². The predicted octanol–water partition coefficient (Wildman–Crippen LogP) is 1.31. The predicted molar refractivity (Wildman–Crippen MR) is 77.2 cm³/mol. The van der Waals surface area contributed by atoms with Crippen molar-refractivity contribution in [2.75, 3.05) is 34.5 Å². The van der Waals surface area contributed by atoms with Gasteiger partial charge in [0.2, 0.25) is 5.75 Å². The van der Waals surface area contributed by atoms with Gasteiger partial charge in [0.15, 0.2) is 11.5 Å². The minimum absolute atomic E-state index is 0.0264. The third kappa shape index (κ3) is 2.76. The molecule has 1 N–H and O–H groups in total. The number of hydrogen-bond acceptors (Lipinski definition) is 5. The number of hydrogen-bond donors (Lipinski definition) is 1. The van der Waals surface area contributed by atoms with Gasteiger partial charge in [-0.05, 0) is 25.0 Å². The van der Waals surface area contributed by atoms with E-state index in [2.05, 4.69) is 0 Å². The Morgan fingerprint density at radius 2 is 1.95 bits per heavy atom. The van der Waals surface area contributed by atoms with Gasteiger partial charge in [-0.15, -0.1) is 0 Å². The van der Waals surface area contributed by atoms with Crippen LogP contribution >= 0.6 is 0 Å². The molecule has 6 heteroatoms. The van der Waals surface area contributed by atoms with Crippen LogP contribution in [0, 0.1) is 0 Å². The molecular weight excluding hydrogens is 274 g/mol. The third-order valence-electron chi connectivity index (χ3n) is 3.78. The molecule has 0 aliphatic carbocycles. The summed E-state index contributed by atoms with van der Waals surface area (Å²) < 4.78 is 15.9. The van der Waals surface area contributed by atoms with E-state index in [0.717, 1.165) is 12.8 Å². The van der Waals surface area contributed by atoms with Crippen LogP contribution in [0.25, 0.3) is 0 Å². The van der Waals surface area contributed by atoms with E-state index in [0.29, 0.717) is 29.4 Å². The quantitative estimate of drug-likeness (QED) is 0.887. The van der Waals surface area contributed by atoms with E-state index < -0.39 is 0 Å². The molecule has 1 aliphatic heterocycles. The van der Waals surface area contributed by atoms with Crippen molar-refractivity contribution >= 4 is 5.91 Å². The summed E-state index contributed by atoms with van der Waals surface area (Å²) in [5.74, 6) is 1.09. The molecule has 1 atom stereocenters. The Balaban J connectivity index is 2.41. The minimum Gasteiger partial charge on any atom is -0.493 e. The summed E-state index contributed by atoms with van der Waals surface area (Å²) in [5.41, 5.74) is 0.413. The summed E-state index contributed by atoms with van der Waals surface area (Å²) in [6.07, 6.45) is 1.71. The maximum atomic E-state index is 12.7. The van der Waals surface area contributed by atoms with Crippen LogP contribution in [0.1, 0.15) is 23.2 Å². The van der Waals surface area contributed by atoms with E-state index in [-0.39, 0.29) is 18.6 Å². The highest BCUT2D eigenvalue weighted by molar-refractivity contribution is 5.98. The average Bonchev–Trinajstić information content (AvgIpc) is 3.00. The van der Waals surface area contributed by atoms with Crippen LogP contribution in [0.4, 0.5) is 0 Å². The van der Waals surface area contributed by atoms with E-state index in [4.69, 9.17) is 14.2 Å². The van der Waals surface area contributed by atoms with Crippen molar-refractivity contribution in [3.8, 4) is 17.2 Å². The van der Waals surface area contributed by atoms with Gasteiger partial charge in [0, 0.05) is 6.54 Å². The molecule has 1 aromatic rings. The van der Waals surface area contributed by atoms with Crippen LogP contribution in [-0.2, 0) is 0 Å². The first-order valence-electron chi connectivity index (χ1n) is 6.88. The minimum atomic E-state index is -0.163. The van der Waals surface area contributed by atoms with Crippen molar-refractivity contribution in [3.63, 3.8) is 0 Å². The number of amides is 1. The number of aliphatic hydroxyl groups excluding tert-OH is 1. The third-order valence-corrected chi connectivity index (χ3v) is 3.78. The van der Waals surface area contributed by atoms with Gasteiger partial charge in [0.1, 0.15) is 0 Å². The lowest BCUT2D eigenvalue weighted by Crippen LogP contribution is -2.37. The van der Waals surface area contributed by atoms with Crippen molar-refractivity contribution in [1.29, 1.82) is 0 Å². The Morgan fingerprint density at radius 1 is 1.24 bits per heavy atom. The Kier molecular flexibility index (Phi) is 4.90. The number of carbonyl (C=O) groups is 1. The Bertz CT molecular complexity index is 517. The largest absolute Gasteiger partial charge is 0.493 e. The lowest BCUT2D eigenvalue weighted by Gasteiger charge is -2.24. The first-order valence-corrected chi connectivity index (χ1v) is 6.88. The highest BCUT2D eigenvalue weighted by atomic mass is 16.5. The van der Waals surface area contributed by atoms with Gasteiger partial charge >= 0.3 is 0 Å². The molecule has 116 valence electrons. The normalized spacial score (nSPS) is 17.7. The molecule has 1 aromatic carbocycles. The van der Waals surface area contributed by atoms with Gasteiger partial charge in [0.25, 0.3) is 5.91 Å². The summed E-state index contributed by atoms with van der Waals surface area (Å²) in [7, 11) is 4.52. The first-order chi connectivity index (χ1) is 10.2. The number of benzene rings is 1. The second kappa shape index (κ2) is 6.67. The summed E-state index contributed by atoms with van der Waals surface area (Å²) in [6, 6.07) is 3.21. The molecule has 2 rings (SSSR count). The molecule has 1 unspecified atom stereocenters. The summed E-state index contributed by atoms with van der Waals surface area (Å²) in [4.78, 5) is 14.4. The molecule has 6 nitrogen and oxygen atoms in total. The molecule has 1 amide bonds. The number of likely N-dealkylation sites (tertiary alicyclic amines) is 1. The lowest BCUT2D eigenvalue weighted by molar-refractivity contribution is 0.0673. The highest BCUT2D eigenvalue weighted by Crippen LogP contribution is 2.40. The number of aliphatic hydroxyl groups is 1. The SMILES string of the molecule is COc1ccc(C(=O)N2CCCC2CO)c(OC)c1OC. The van der Waals surface area contributed by atoms with Crippen LogP contribution < -0.4 is 14.2 Å². The molecule has 0 aromatic heterocycles. The Morgan fingerprint density at radius 3 is 2.52 bits per heavy atom. The number of methoxy groups -OCH3 is 3. The van der Waals surface area contributed by atoms with Gasteiger partial charge in [-0.25, -0.2) is 0 Å². The standard InChI is InChI=1S/C15H21NO5/c1-19-12-7-6-11(13(20-2)14(12)21-3)15(18)16-8-4-5-10(16)9-17/h6-7,10,17H,4-5,8-9H2,1-3H3. The van der Waals surface area contributed by atoms with Crippen LogP contribution in [-0.4, -0.2) is 56.4 Å². The number of ether oxygens (including phenoxy) is 3. The van der Waals surface area contributed by atoms with Crippen LogP contribution in [0.15, 0.2) is 12.1 Å². The van der Waals surface area contributed by atoms with Gasteiger partial charge in [-0.1, -0.05) is 0 Å². The fraction of sp³-hybridized carbons (Fsp3) is 0.533. The summed E-state index contributed by atoms with van der Waals surface area (Å²) in [6.45, 7) is 0.614. The van der Waals surface area contributed by atoms with Crippen molar-refractivity contribution in [3.05, 3.63) is 17.7 Å². The molecular formula is C15H21NO5. The van der Waals surface area contributed by atoms with Crippen molar-refractivity contribution in [2.45, 2.75) is 18.9 Å². The van der Waals surface area contributed by atoms with E-state index in [1.54, 1.807) is 17.0 Å². The molecule has 21 heavy (non-hydrogen) atoms. The van der Waals surface area contributed by atoms with Gasteiger partial charge in [-0.2, -0.15) is 0 Å². The van der Waals surface area contributed by atoms with E-state index in [1.807, 2.05) is 0 Å². The summed E-state index contributed by atoms with van der Waals surface area (Å²) in [5, 5.41) is 9.37. The smallest absolute Gasteiger partial charge is 0.258 e. The first kappa shape index (κ1) is 15.4. The van der Waals surface area contributed by atoms with Gasteiger partial charge in [-0.3, -0.25) is 4.79 Å².